The molecule has 0 N–H and O–H groups in total. The zero-order valence-electron chi connectivity index (χ0n) is 10.4. The van der Waals surface area contributed by atoms with Gasteiger partial charge in [0, 0.05) is 14.0 Å². The van der Waals surface area contributed by atoms with Gasteiger partial charge in [0.05, 0.1) is 0 Å². The second kappa shape index (κ2) is 7.48. The molecule has 0 aliphatic rings. The lowest BCUT2D eigenvalue weighted by Crippen LogP contribution is -2.25. The van der Waals surface area contributed by atoms with Crippen molar-refractivity contribution in [3.8, 4) is 11.8 Å². The Labute approximate surface area is 93.4 Å². The lowest BCUT2D eigenvalue weighted by Gasteiger charge is -2.21. The van der Waals surface area contributed by atoms with Gasteiger partial charge in [0.2, 0.25) is 5.78 Å². The quantitative estimate of drug-likeness (QED) is 0.383. The summed E-state index contributed by atoms with van der Waals surface area (Å²) in [6.45, 7) is 5.60. The molecule has 1 unspecified atom stereocenters. The highest BCUT2D eigenvalue weighted by atomic mass is 16.5. The topological polar surface area (TPSA) is 26.3 Å². The summed E-state index contributed by atoms with van der Waals surface area (Å²) in [5, 5.41) is 0. The summed E-state index contributed by atoms with van der Waals surface area (Å²) in [6, 6.07) is 0. The number of rotatable bonds is 6. The molecular weight excluding hydrogens is 188 g/mol. The number of carbonyl (C=O) groups is 1. The summed E-state index contributed by atoms with van der Waals surface area (Å²) in [4.78, 5) is 10.8. The molecule has 0 spiro atoms. The highest BCUT2D eigenvalue weighted by Crippen LogP contribution is 2.17. The summed E-state index contributed by atoms with van der Waals surface area (Å²) in [7, 11) is 1.65. The van der Waals surface area contributed by atoms with Crippen LogP contribution in [0.1, 0.15) is 52.9 Å². The van der Waals surface area contributed by atoms with Crippen molar-refractivity contribution in [1.82, 2.24) is 0 Å². The number of carbonyl (C=O) groups excluding carboxylic acids is 1. The van der Waals surface area contributed by atoms with E-state index in [9.17, 15) is 4.79 Å². The van der Waals surface area contributed by atoms with Gasteiger partial charge in [-0.05, 0) is 25.7 Å². The molecule has 0 aliphatic carbocycles. The van der Waals surface area contributed by atoms with E-state index in [4.69, 9.17) is 4.74 Å². The van der Waals surface area contributed by atoms with Crippen LogP contribution in [0.25, 0.3) is 0 Å². The van der Waals surface area contributed by atoms with Gasteiger partial charge in [-0.15, -0.1) is 0 Å². The fourth-order valence-corrected chi connectivity index (χ4v) is 1.32. The Morgan fingerprint density at radius 1 is 1.33 bits per heavy atom. The number of ether oxygens (including phenoxy) is 1. The molecule has 0 fully saturated rings. The van der Waals surface area contributed by atoms with Crippen LogP contribution < -0.4 is 0 Å². The third-order valence-corrected chi connectivity index (χ3v) is 2.46. The Hall–Kier alpha value is -0.810. The molecule has 0 rings (SSSR count). The maximum atomic E-state index is 10.8. The van der Waals surface area contributed by atoms with E-state index in [0.29, 0.717) is 0 Å². The minimum absolute atomic E-state index is 0.105. The van der Waals surface area contributed by atoms with Crippen molar-refractivity contribution in [2.24, 2.45) is 0 Å². The fourth-order valence-electron chi connectivity index (χ4n) is 1.32. The molecule has 1 atom stereocenters. The molecule has 15 heavy (non-hydrogen) atoms. The molecule has 0 aromatic heterocycles. The van der Waals surface area contributed by atoms with Crippen molar-refractivity contribution in [2.45, 2.75) is 58.5 Å². The molecule has 0 aromatic carbocycles. The van der Waals surface area contributed by atoms with E-state index in [1.54, 1.807) is 7.11 Å². The second-order valence-electron chi connectivity index (χ2n) is 4.05. The molecule has 0 saturated carbocycles. The van der Waals surface area contributed by atoms with E-state index in [2.05, 4.69) is 18.8 Å². The van der Waals surface area contributed by atoms with Crippen LogP contribution in [0.5, 0.6) is 0 Å². The Morgan fingerprint density at radius 2 is 2.00 bits per heavy atom. The molecular formula is C13H22O2. The average Bonchev–Trinajstić information content (AvgIpc) is 2.22. The van der Waals surface area contributed by atoms with Gasteiger partial charge in [0.15, 0.2) is 0 Å². The molecule has 0 bridgehead atoms. The molecule has 2 nitrogen and oxygen atoms in total. The van der Waals surface area contributed by atoms with Gasteiger partial charge in [-0.3, -0.25) is 4.79 Å². The van der Waals surface area contributed by atoms with Gasteiger partial charge in [-0.2, -0.15) is 0 Å². The number of Topliss-reactive ketones (excluding diaryl/α,β-unsaturated/α-hetero) is 1. The van der Waals surface area contributed by atoms with Gasteiger partial charge in [0.1, 0.15) is 5.60 Å². The largest absolute Gasteiger partial charge is 0.366 e. The van der Waals surface area contributed by atoms with Gasteiger partial charge in [-0.1, -0.05) is 32.1 Å². The normalized spacial score (nSPS) is 13.9. The molecule has 86 valence electrons. The lowest BCUT2D eigenvalue weighted by molar-refractivity contribution is -0.111. The second-order valence-corrected chi connectivity index (χ2v) is 4.05. The van der Waals surface area contributed by atoms with Crippen LogP contribution in [0.4, 0.5) is 0 Å². The van der Waals surface area contributed by atoms with Gasteiger partial charge in [-0.25, -0.2) is 0 Å². The first-order chi connectivity index (χ1) is 7.04. The van der Waals surface area contributed by atoms with Gasteiger partial charge < -0.3 is 4.74 Å². The summed E-state index contributed by atoms with van der Waals surface area (Å²) in [5.41, 5.74) is -0.459. The van der Waals surface area contributed by atoms with Crippen molar-refractivity contribution >= 4 is 5.78 Å². The maximum Gasteiger partial charge on any atom is 0.202 e. The Kier molecular flexibility index (Phi) is 7.07. The zero-order valence-corrected chi connectivity index (χ0v) is 10.4. The van der Waals surface area contributed by atoms with Gasteiger partial charge in [0.25, 0.3) is 0 Å². The van der Waals surface area contributed by atoms with E-state index in [1.807, 2.05) is 6.92 Å². The Bertz CT molecular complexity index is 247. The maximum absolute atomic E-state index is 10.8. The van der Waals surface area contributed by atoms with Crippen molar-refractivity contribution in [3.05, 3.63) is 0 Å². The molecule has 0 heterocycles. The third kappa shape index (κ3) is 7.16. The van der Waals surface area contributed by atoms with Crippen LogP contribution >= 0.6 is 0 Å². The highest BCUT2D eigenvalue weighted by molar-refractivity contribution is 5.93. The molecule has 0 radical (unpaired) electrons. The average molecular weight is 210 g/mol. The van der Waals surface area contributed by atoms with E-state index in [-0.39, 0.29) is 5.78 Å². The number of ketones is 1. The van der Waals surface area contributed by atoms with E-state index in [0.717, 1.165) is 12.8 Å². The molecule has 0 saturated heterocycles. The third-order valence-electron chi connectivity index (χ3n) is 2.46. The zero-order chi connectivity index (χ0) is 11.7. The minimum atomic E-state index is -0.459. The van der Waals surface area contributed by atoms with E-state index < -0.39 is 5.60 Å². The standard InChI is InChI=1S/C13H22O2/c1-5-6-7-8-10-13(3,15-4)11-9-12(2)14/h5-8,10H2,1-4H3. The molecule has 0 aliphatic heterocycles. The van der Waals surface area contributed by atoms with Crippen molar-refractivity contribution < 1.29 is 9.53 Å². The number of methoxy groups -OCH3 is 1. The first kappa shape index (κ1) is 14.2. The fraction of sp³-hybridized carbons (Fsp3) is 0.769. The highest BCUT2D eigenvalue weighted by Gasteiger charge is 2.19. The van der Waals surface area contributed by atoms with Crippen LogP contribution in [-0.4, -0.2) is 18.5 Å². The van der Waals surface area contributed by atoms with Crippen LogP contribution in [-0.2, 0) is 9.53 Å². The van der Waals surface area contributed by atoms with E-state index in [1.165, 1.54) is 26.2 Å². The number of hydrogen-bond acceptors (Lipinski definition) is 2. The smallest absolute Gasteiger partial charge is 0.202 e. The number of hydrogen-bond donors (Lipinski definition) is 0. The minimum Gasteiger partial charge on any atom is -0.366 e. The predicted octanol–water partition coefficient (Wildman–Crippen LogP) is 2.95. The van der Waals surface area contributed by atoms with Crippen LogP contribution in [0.15, 0.2) is 0 Å². The van der Waals surface area contributed by atoms with Crippen LogP contribution in [0.3, 0.4) is 0 Å². The summed E-state index contributed by atoms with van der Waals surface area (Å²) < 4.78 is 5.34. The van der Waals surface area contributed by atoms with Crippen LogP contribution in [0.2, 0.25) is 0 Å². The summed E-state index contributed by atoms with van der Waals surface area (Å²) in [5.74, 6) is 5.36. The summed E-state index contributed by atoms with van der Waals surface area (Å²) in [6.07, 6.45) is 5.68. The lowest BCUT2D eigenvalue weighted by atomic mass is 9.98. The number of unbranched alkanes of at least 4 members (excludes halogenated alkanes) is 3. The first-order valence-corrected chi connectivity index (χ1v) is 5.63. The Balaban J connectivity index is 4.09. The van der Waals surface area contributed by atoms with Crippen molar-refractivity contribution in [2.75, 3.05) is 7.11 Å². The molecule has 0 amide bonds. The SMILES string of the molecule is CCCCCCC(C)(C#CC(C)=O)OC. The molecule has 2 heteroatoms. The molecule has 0 aromatic rings. The predicted molar refractivity (Wildman–Crippen MR) is 62.6 cm³/mol. The summed E-state index contributed by atoms with van der Waals surface area (Å²) >= 11 is 0. The van der Waals surface area contributed by atoms with Crippen molar-refractivity contribution in [1.29, 1.82) is 0 Å². The van der Waals surface area contributed by atoms with Crippen molar-refractivity contribution in [3.63, 3.8) is 0 Å². The van der Waals surface area contributed by atoms with E-state index >= 15 is 0 Å². The van der Waals surface area contributed by atoms with Crippen LogP contribution in [0, 0.1) is 11.8 Å². The monoisotopic (exact) mass is 210 g/mol. The first-order valence-electron chi connectivity index (χ1n) is 5.63. The Morgan fingerprint density at radius 3 is 2.47 bits per heavy atom. The van der Waals surface area contributed by atoms with Gasteiger partial charge >= 0.3 is 0 Å².